The molecular weight excluding hydrogens is 480 g/mol. The van der Waals surface area contributed by atoms with Crippen molar-refractivity contribution < 1.29 is 28.5 Å². The van der Waals surface area contributed by atoms with Gasteiger partial charge in [-0.05, 0) is 56.9 Å². The summed E-state index contributed by atoms with van der Waals surface area (Å²) in [6, 6.07) is 0. The van der Waals surface area contributed by atoms with Gasteiger partial charge < -0.3 is 18.9 Å². The molecule has 0 spiro atoms. The van der Waals surface area contributed by atoms with Crippen LogP contribution in [0.1, 0.15) is 91.4 Å². The molecule has 0 amide bonds. The van der Waals surface area contributed by atoms with Crippen molar-refractivity contribution >= 4 is 11.9 Å². The number of carbonyl (C=O) groups is 2. The molecule has 3 aliphatic rings. The van der Waals surface area contributed by atoms with Crippen LogP contribution >= 0.6 is 0 Å². The molecular formula is C32H48O6. The topological polar surface area (TPSA) is 71.1 Å². The van der Waals surface area contributed by atoms with Gasteiger partial charge in [0.25, 0.3) is 0 Å². The average molecular weight is 529 g/mol. The van der Waals surface area contributed by atoms with Crippen molar-refractivity contribution in [2.45, 2.75) is 122 Å². The molecule has 3 aliphatic heterocycles. The van der Waals surface area contributed by atoms with Crippen LogP contribution in [0.5, 0.6) is 0 Å². The van der Waals surface area contributed by atoms with Gasteiger partial charge in [-0.2, -0.15) is 0 Å². The Bertz CT molecular complexity index is 871. The summed E-state index contributed by atoms with van der Waals surface area (Å²) in [6.45, 7) is 6.50. The van der Waals surface area contributed by atoms with Crippen molar-refractivity contribution in [2.24, 2.45) is 11.8 Å². The van der Waals surface area contributed by atoms with Crippen molar-refractivity contribution in [1.82, 2.24) is 0 Å². The Kier molecular flexibility index (Phi) is 12.8. The summed E-state index contributed by atoms with van der Waals surface area (Å²) < 4.78 is 23.8. The highest BCUT2D eigenvalue weighted by Crippen LogP contribution is 2.33. The van der Waals surface area contributed by atoms with E-state index >= 15 is 0 Å². The van der Waals surface area contributed by atoms with Crippen LogP contribution < -0.4 is 0 Å². The van der Waals surface area contributed by atoms with E-state index in [1.807, 2.05) is 18.2 Å². The second-order valence-electron chi connectivity index (χ2n) is 11.2. The minimum Gasteiger partial charge on any atom is -0.466 e. The summed E-state index contributed by atoms with van der Waals surface area (Å²) in [5, 5.41) is 0. The Morgan fingerprint density at radius 3 is 2.50 bits per heavy atom. The monoisotopic (exact) mass is 528 g/mol. The summed E-state index contributed by atoms with van der Waals surface area (Å²) in [5.41, 5.74) is 0.956. The molecule has 0 N–H and O–H groups in total. The number of hydrogen-bond donors (Lipinski definition) is 0. The smallest absolute Gasteiger partial charge is 0.330 e. The largest absolute Gasteiger partial charge is 0.466 e. The van der Waals surface area contributed by atoms with Crippen LogP contribution in [-0.4, -0.2) is 49.6 Å². The van der Waals surface area contributed by atoms with Crippen LogP contribution in [0.4, 0.5) is 0 Å². The van der Waals surface area contributed by atoms with Crippen LogP contribution in [0.2, 0.25) is 0 Å². The number of carbonyl (C=O) groups excluding carboxylic acids is 2. The Labute approximate surface area is 229 Å². The molecule has 2 saturated heterocycles. The minimum atomic E-state index is -0.370. The van der Waals surface area contributed by atoms with Crippen LogP contribution in [0.3, 0.4) is 0 Å². The maximum absolute atomic E-state index is 13.1. The molecule has 0 aromatic heterocycles. The van der Waals surface area contributed by atoms with E-state index in [9.17, 15) is 9.59 Å². The average Bonchev–Trinajstić information content (AvgIpc) is 2.88. The highest BCUT2D eigenvalue weighted by Gasteiger charge is 2.33. The zero-order valence-electron chi connectivity index (χ0n) is 23.8. The molecule has 6 heteroatoms. The quantitative estimate of drug-likeness (QED) is 0.124. The van der Waals surface area contributed by atoms with E-state index in [4.69, 9.17) is 18.9 Å². The lowest BCUT2D eigenvalue weighted by atomic mass is 9.89. The number of esters is 2. The van der Waals surface area contributed by atoms with Gasteiger partial charge in [0.05, 0.1) is 37.9 Å². The van der Waals surface area contributed by atoms with Crippen LogP contribution in [0.15, 0.2) is 48.1 Å². The molecule has 7 atom stereocenters. The number of hydrogen-bond acceptors (Lipinski definition) is 6. The molecule has 0 aromatic rings. The third-order valence-electron chi connectivity index (χ3n) is 7.68. The van der Waals surface area contributed by atoms with Gasteiger partial charge in [-0.3, -0.25) is 4.79 Å². The lowest BCUT2D eigenvalue weighted by molar-refractivity contribution is -0.154. The Hall–Kier alpha value is -2.18. The van der Waals surface area contributed by atoms with Crippen molar-refractivity contribution in [1.29, 1.82) is 0 Å². The SMILES string of the molecule is CCCC/C=C\C=C\[C@@H]1OC(=O)C[C@@H]2C/C(=C\C(=O)OC)C[C@H](C[C@@H]3CCC[C@H](C[C@@H](C)/C=C/[C@@H]1C)O3)O2. The summed E-state index contributed by atoms with van der Waals surface area (Å²) in [7, 11) is 1.38. The van der Waals surface area contributed by atoms with Gasteiger partial charge in [-0.25, -0.2) is 4.79 Å². The molecule has 2 fully saturated rings. The first-order chi connectivity index (χ1) is 18.4. The lowest BCUT2D eigenvalue weighted by Crippen LogP contribution is -2.37. The van der Waals surface area contributed by atoms with E-state index in [1.54, 1.807) is 6.08 Å². The molecule has 3 heterocycles. The minimum absolute atomic E-state index is 0.0319. The fraction of sp³-hybridized carbons (Fsp3) is 0.688. The third kappa shape index (κ3) is 10.5. The molecule has 6 nitrogen and oxygen atoms in total. The van der Waals surface area contributed by atoms with Crippen LogP contribution in [-0.2, 0) is 28.5 Å². The first-order valence-electron chi connectivity index (χ1n) is 14.7. The third-order valence-corrected chi connectivity index (χ3v) is 7.68. The molecule has 212 valence electrons. The van der Waals surface area contributed by atoms with Gasteiger partial charge >= 0.3 is 11.9 Å². The summed E-state index contributed by atoms with van der Waals surface area (Å²) in [5.74, 6) is -0.255. The first-order valence-corrected chi connectivity index (χ1v) is 14.7. The van der Waals surface area contributed by atoms with Gasteiger partial charge in [0.2, 0.25) is 0 Å². The number of ether oxygens (including phenoxy) is 4. The van der Waals surface area contributed by atoms with E-state index in [1.165, 1.54) is 20.0 Å². The van der Waals surface area contributed by atoms with Crippen molar-refractivity contribution in [3.8, 4) is 0 Å². The molecule has 0 radical (unpaired) electrons. The number of rotatable bonds is 6. The highest BCUT2D eigenvalue weighted by molar-refractivity contribution is 5.82. The molecule has 38 heavy (non-hydrogen) atoms. The van der Waals surface area contributed by atoms with E-state index < -0.39 is 0 Å². The number of methoxy groups -OCH3 is 1. The van der Waals surface area contributed by atoms with Crippen LogP contribution in [0.25, 0.3) is 0 Å². The van der Waals surface area contributed by atoms with E-state index in [2.05, 4.69) is 39.0 Å². The normalized spacial score (nSPS) is 35.3. The molecule has 3 rings (SSSR count). The fourth-order valence-electron chi connectivity index (χ4n) is 5.61. The number of cyclic esters (lactones) is 1. The maximum Gasteiger partial charge on any atom is 0.330 e. The van der Waals surface area contributed by atoms with Gasteiger partial charge in [0.1, 0.15) is 6.10 Å². The van der Waals surface area contributed by atoms with Gasteiger partial charge in [0.15, 0.2) is 0 Å². The molecule has 0 saturated carbocycles. The van der Waals surface area contributed by atoms with E-state index in [-0.39, 0.29) is 54.8 Å². The van der Waals surface area contributed by atoms with E-state index in [0.29, 0.717) is 18.8 Å². The first kappa shape index (κ1) is 30.4. The Balaban J connectivity index is 1.81. The Morgan fingerprint density at radius 2 is 1.74 bits per heavy atom. The van der Waals surface area contributed by atoms with E-state index in [0.717, 1.165) is 44.1 Å². The van der Waals surface area contributed by atoms with Crippen molar-refractivity contribution in [3.05, 3.63) is 48.1 Å². The second-order valence-corrected chi connectivity index (χ2v) is 11.2. The zero-order valence-corrected chi connectivity index (χ0v) is 23.8. The van der Waals surface area contributed by atoms with Gasteiger partial charge in [-0.1, -0.05) is 69.6 Å². The summed E-state index contributed by atoms with van der Waals surface area (Å²) >= 11 is 0. The maximum atomic E-state index is 13.1. The number of unbranched alkanes of at least 4 members (excludes halogenated alkanes) is 2. The molecule has 4 bridgehead atoms. The summed E-state index contributed by atoms with van der Waals surface area (Å²) in [4.78, 5) is 25.1. The highest BCUT2D eigenvalue weighted by atomic mass is 16.6. The van der Waals surface area contributed by atoms with Gasteiger partial charge in [0, 0.05) is 18.4 Å². The van der Waals surface area contributed by atoms with Crippen molar-refractivity contribution in [2.75, 3.05) is 7.11 Å². The number of allylic oxidation sites excluding steroid dienone is 4. The second kappa shape index (κ2) is 16.0. The predicted octanol–water partition coefficient (Wildman–Crippen LogP) is 6.80. The molecule has 0 unspecified atom stereocenters. The Morgan fingerprint density at radius 1 is 1.00 bits per heavy atom. The zero-order chi connectivity index (χ0) is 27.3. The van der Waals surface area contributed by atoms with Crippen molar-refractivity contribution in [3.63, 3.8) is 0 Å². The standard InChI is InChI=1S/C32H48O6/c1-5-6-7-8-9-10-14-30-24(3)16-15-23(2)17-26-12-11-13-27(36-26)21-28-18-25(20-31(33)35-4)19-29(37-28)22-32(34)38-30/h8-10,14-16,20,23-24,26-30H,5-7,11-13,17-19,21-22H2,1-4H3/b9-8-,14-10+,16-15+,25-20-/t23-,24-,26+,27-,28+,29-,30-/m0/s1. The molecule has 0 aliphatic carbocycles. The van der Waals surface area contributed by atoms with Crippen LogP contribution in [0, 0.1) is 11.8 Å². The lowest BCUT2D eigenvalue weighted by Gasteiger charge is -2.37. The summed E-state index contributed by atoms with van der Waals surface area (Å²) in [6.07, 6.45) is 23.4. The predicted molar refractivity (Wildman–Crippen MR) is 150 cm³/mol. The number of fused-ring (bicyclic) bond motifs is 4. The van der Waals surface area contributed by atoms with Gasteiger partial charge in [-0.15, -0.1) is 0 Å². The molecule has 0 aromatic carbocycles. The fourth-order valence-corrected chi connectivity index (χ4v) is 5.61.